The molecule has 2 aliphatic heterocycles. The fraction of sp³-hybridized carbons (Fsp3) is 0.588. The molecule has 1 aromatic carbocycles. The summed E-state index contributed by atoms with van der Waals surface area (Å²) in [5.41, 5.74) is 0. The average molecular weight is 367 g/mol. The molecule has 1 amide bonds. The topological polar surface area (TPSA) is 70.2 Å². The lowest BCUT2D eigenvalue weighted by molar-refractivity contribution is -0.136. The number of carbonyl (C=O) groups is 1. The second-order valence-electron chi connectivity index (χ2n) is 6.29. The summed E-state index contributed by atoms with van der Waals surface area (Å²) in [5.74, 6) is 0.532. The number of hydrogen-bond donors (Lipinski definition) is 0. The number of piperazine rings is 1. The van der Waals surface area contributed by atoms with Crippen molar-refractivity contribution in [1.29, 1.82) is 0 Å². The van der Waals surface area contributed by atoms with Gasteiger partial charge in [-0.05, 0) is 25.5 Å². The summed E-state index contributed by atoms with van der Waals surface area (Å²) in [5, 5.41) is 0. The number of benzene rings is 1. The van der Waals surface area contributed by atoms with Crippen molar-refractivity contribution in [2.45, 2.75) is 18.2 Å². The predicted molar refractivity (Wildman–Crippen MR) is 94.0 cm³/mol. The summed E-state index contributed by atoms with van der Waals surface area (Å²) in [7, 11) is -3.59. The van der Waals surface area contributed by atoms with Gasteiger partial charge in [-0.3, -0.25) is 9.69 Å². The third kappa shape index (κ3) is 3.96. The molecule has 2 fully saturated rings. The SMILES string of the molecule is CCOc1ccccc1S(=O)(=O)N1CCN(CC(=O)N2CCC2)CC1. The van der Waals surface area contributed by atoms with Crippen LogP contribution in [0.25, 0.3) is 0 Å². The van der Waals surface area contributed by atoms with Gasteiger partial charge in [-0.1, -0.05) is 12.1 Å². The van der Waals surface area contributed by atoms with Gasteiger partial charge in [-0.25, -0.2) is 8.42 Å². The van der Waals surface area contributed by atoms with E-state index >= 15 is 0 Å². The molecule has 0 aliphatic carbocycles. The first-order chi connectivity index (χ1) is 12.0. The second kappa shape index (κ2) is 7.72. The number of sulfonamides is 1. The minimum absolute atomic E-state index is 0.143. The van der Waals surface area contributed by atoms with E-state index in [9.17, 15) is 13.2 Å². The van der Waals surface area contributed by atoms with Crippen LogP contribution < -0.4 is 4.74 Å². The molecule has 0 radical (unpaired) electrons. The van der Waals surface area contributed by atoms with E-state index in [1.165, 1.54) is 4.31 Å². The summed E-state index contributed by atoms with van der Waals surface area (Å²) in [6.45, 7) is 6.22. The van der Waals surface area contributed by atoms with Crippen LogP contribution in [0, 0.1) is 0 Å². The van der Waals surface area contributed by atoms with E-state index < -0.39 is 10.0 Å². The predicted octanol–water partition coefficient (Wildman–Crippen LogP) is 0.624. The Kier molecular flexibility index (Phi) is 5.61. The molecule has 0 N–H and O–H groups in total. The van der Waals surface area contributed by atoms with Crippen LogP contribution in [0.4, 0.5) is 0 Å². The number of rotatable bonds is 6. The molecule has 8 heteroatoms. The smallest absolute Gasteiger partial charge is 0.246 e. The molecule has 0 unspecified atom stereocenters. The number of nitrogens with zero attached hydrogens (tertiary/aromatic N) is 3. The highest BCUT2D eigenvalue weighted by molar-refractivity contribution is 7.89. The average Bonchev–Trinajstić information content (AvgIpc) is 2.54. The Balaban J connectivity index is 1.62. The fourth-order valence-corrected chi connectivity index (χ4v) is 4.62. The molecule has 0 bridgehead atoms. The Labute approximate surface area is 149 Å². The van der Waals surface area contributed by atoms with Crippen molar-refractivity contribution < 1.29 is 17.9 Å². The van der Waals surface area contributed by atoms with Gasteiger partial charge in [-0.2, -0.15) is 4.31 Å². The summed E-state index contributed by atoms with van der Waals surface area (Å²) in [6.07, 6.45) is 1.08. The van der Waals surface area contributed by atoms with Crippen LogP contribution in [0.15, 0.2) is 29.2 Å². The lowest BCUT2D eigenvalue weighted by Crippen LogP contribution is -2.53. The molecule has 7 nitrogen and oxygen atoms in total. The van der Waals surface area contributed by atoms with Crippen LogP contribution in [0.2, 0.25) is 0 Å². The van der Waals surface area contributed by atoms with Gasteiger partial charge in [-0.15, -0.1) is 0 Å². The van der Waals surface area contributed by atoms with E-state index in [1.54, 1.807) is 24.3 Å². The van der Waals surface area contributed by atoms with E-state index in [0.29, 0.717) is 45.1 Å². The van der Waals surface area contributed by atoms with Crippen LogP contribution >= 0.6 is 0 Å². The minimum atomic E-state index is -3.59. The van der Waals surface area contributed by atoms with Crippen molar-refractivity contribution in [2.24, 2.45) is 0 Å². The van der Waals surface area contributed by atoms with Gasteiger partial charge in [0.15, 0.2) is 0 Å². The highest BCUT2D eigenvalue weighted by atomic mass is 32.2. The van der Waals surface area contributed by atoms with E-state index in [4.69, 9.17) is 4.74 Å². The number of carbonyl (C=O) groups excluding carboxylic acids is 1. The molecular formula is C17H25N3O4S. The lowest BCUT2D eigenvalue weighted by Gasteiger charge is -2.37. The molecule has 1 aromatic rings. The highest BCUT2D eigenvalue weighted by Crippen LogP contribution is 2.27. The monoisotopic (exact) mass is 367 g/mol. The zero-order valence-electron chi connectivity index (χ0n) is 14.6. The van der Waals surface area contributed by atoms with Crippen molar-refractivity contribution in [1.82, 2.24) is 14.1 Å². The minimum Gasteiger partial charge on any atom is -0.492 e. The van der Waals surface area contributed by atoms with Gasteiger partial charge in [0.25, 0.3) is 0 Å². The van der Waals surface area contributed by atoms with Crippen molar-refractivity contribution in [3.8, 4) is 5.75 Å². The summed E-state index contributed by atoms with van der Waals surface area (Å²) >= 11 is 0. The molecule has 0 spiro atoms. The number of hydrogen-bond acceptors (Lipinski definition) is 5. The van der Waals surface area contributed by atoms with Crippen LogP contribution in [0.5, 0.6) is 5.75 Å². The molecule has 2 heterocycles. The maximum Gasteiger partial charge on any atom is 0.246 e. The van der Waals surface area contributed by atoms with E-state index in [2.05, 4.69) is 0 Å². The van der Waals surface area contributed by atoms with Gasteiger partial charge >= 0.3 is 0 Å². The second-order valence-corrected chi connectivity index (χ2v) is 8.20. The number of amides is 1. The van der Waals surface area contributed by atoms with Gasteiger partial charge in [0.05, 0.1) is 13.2 Å². The first-order valence-corrected chi connectivity index (χ1v) is 10.2. The summed E-state index contributed by atoms with van der Waals surface area (Å²) in [4.78, 5) is 16.1. The molecule has 25 heavy (non-hydrogen) atoms. The van der Waals surface area contributed by atoms with Crippen molar-refractivity contribution in [3.63, 3.8) is 0 Å². The highest BCUT2D eigenvalue weighted by Gasteiger charge is 2.32. The maximum absolute atomic E-state index is 12.9. The van der Waals surface area contributed by atoms with Crippen molar-refractivity contribution in [3.05, 3.63) is 24.3 Å². The Morgan fingerprint density at radius 3 is 2.36 bits per heavy atom. The van der Waals surface area contributed by atoms with Gasteiger partial charge < -0.3 is 9.64 Å². The third-order valence-electron chi connectivity index (χ3n) is 4.67. The number of likely N-dealkylation sites (tertiary alicyclic amines) is 1. The zero-order chi connectivity index (χ0) is 17.9. The van der Waals surface area contributed by atoms with Gasteiger partial charge in [0.2, 0.25) is 15.9 Å². The molecule has 0 atom stereocenters. The number of para-hydroxylation sites is 1. The Hall–Kier alpha value is -1.64. The molecular weight excluding hydrogens is 342 g/mol. The first kappa shape index (κ1) is 18.2. The van der Waals surface area contributed by atoms with E-state index in [1.807, 2.05) is 16.7 Å². The van der Waals surface area contributed by atoms with Crippen LogP contribution in [-0.4, -0.2) is 80.9 Å². The first-order valence-electron chi connectivity index (χ1n) is 8.74. The Morgan fingerprint density at radius 2 is 1.76 bits per heavy atom. The molecule has 2 saturated heterocycles. The van der Waals surface area contributed by atoms with Crippen LogP contribution in [0.1, 0.15) is 13.3 Å². The molecule has 0 aromatic heterocycles. The molecule has 0 saturated carbocycles. The molecule has 138 valence electrons. The van der Waals surface area contributed by atoms with E-state index in [0.717, 1.165) is 19.5 Å². The normalized spacial score (nSPS) is 19.5. The molecule has 3 rings (SSSR count). The van der Waals surface area contributed by atoms with Crippen molar-refractivity contribution in [2.75, 3.05) is 52.4 Å². The van der Waals surface area contributed by atoms with E-state index in [-0.39, 0.29) is 10.8 Å². The lowest BCUT2D eigenvalue weighted by atomic mass is 10.2. The Bertz CT molecular complexity index is 710. The fourth-order valence-electron chi connectivity index (χ4n) is 3.06. The third-order valence-corrected chi connectivity index (χ3v) is 6.60. The quantitative estimate of drug-likeness (QED) is 0.737. The van der Waals surface area contributed by atoms with Crippen molar-refractivity contribution >= 4 is 15.9 Å². The standard InChI is InChI=1S/C17H25N3O4S/c1-2-24-15-6-3-4-7-16(15)25(22,23)20-12-10-18(11-13-20)14-17(21)19-8-5-9-19/h3-4,6-7H,2,5,8-14H2,1H3. The number of ether oxygens (including phenoxy) is 1. The zero-order valence-corrected chi connectivity index (χ0v) is 15.4. The summed E-state index contributed by atoms with van der Waals surface area (Å²) in [6, 6.07) is 6.74. The van der Waals surface area contributed by atoms with Gasteiger partial charge in [0.1, 0.15) is 10.6 Å². The van der Waals surface area contributed by atoms with Gasteiger partial charge in [0, 0.05) is 39.3 Å². The largest absolute Gasteiger partial charge is 0.492 e. The maximum atomic E-state index is 12.9. The Morgan fingerprint density at radius 1 is 1.08 bits per heavy atom. The molecule has 2 aliphatic rings. The van der Waals surface area contributed by atoms with Crippen LogP contribution in [0.3, 0.4) is 0 Å². The summed E-state index contributed by atoms with van der Waals surface area (Å²) < 4.78 is 32.8. The van der Waals surface area contributed by atoms with Crippen LogP contribution in [-0.2, 0) is 14.8 Å².